The normalized spacial score (nSPS) is 15.0. The number of benzene rings is 3. The van der Waals surface area contributed by atoms with Crippen molar-refractivity contribution < 1.29 is 19.0 Å². The number of carbonyl (C=O) groups is 1. The van der Waals surface area contributed by atoms with E-state index in [1.54, 1.807) is 33.5 Å². The zero-order valence-electron chi connectivity index (χ0n) is 29.3. The number of hydrogen-bond acceptors (Lipinski definition) is 8. The van der Waals surface area contributed by atoms with E-state index in [0.29, 0.717) is 27.8 Å². The minimum atomic E-state index is -0.229. The number of halogens is 1. The molecule has 2 N–H and O–H groups in total. The van der Waals surface area contributed by atoms with Crippen molar-refractivity contribution in [1.29, 1.82) is 0 Å². The maximum atomic E-state index is 14.3. The van der Waals surface area contributed by atoms with Gasteiger partial charge in [0.2, 0.25) is 11.7 Å². The third-order valence-corrected chi connectivity index (χ3v) is 9.93. The van der Waals surface area contributed by atoms with E-state index in [1.165, 1.54) is 11.1 Å². The number of likely N-dealkylation sites (N-methyl/N-ethyl adjacent to an activating group) is 1. The van der Waals surface area contributed by atoms with Gasteiger partial charge < -0.3 is 29.4 Å². The summed E-state index contributed by atoms with van der Waals surface area (Å²) in [6.45, 7) is 3.74. The molecule has 2 unspecified atom stereocenters. The molecule has 3 aromatic carbocycles. The van der Waals surface area contributed by atoms with Crippen molar-refractivity contribution in [3.8, 4) is 17.2 Å². The molecule has 3 heterocycles. The minimum absolute atomic E-state index is 0.0170. The number of carbonyl (C=O) groups excluding carboxylic acids is 1. The number of anilines is 1. The van der Waals surface area contributed by atoms with Crippen LogP contribution in [0.5, 0.6) is 17.2 Å². The smallest absolute Gasteiger partial charge is 0.255 e. The van der Waals surface area contributed by atoms with Gasteiger partial charge in [-0.2, -0.15) is 0 Å². The van der Waals surface area contributed by atoms with Gasteiger partial charge in [0.05, 0.1) is 38.5 Å². The fraction of sp³-hybridized carbons (Fsp3) is 0.359. The first kappa shape index (κ1) is 35.0. The number of aromatic amines is 1. The number of hydrogen-bond donors (Lipinski definition) is 2. The summed E-state index contributed by atoms with van der Waals surface area (Å²) in [4.78, 5) is 31.2. The van der Waals surface area contributed by atoms with Crippen LogP contribution in [0.15, 0.2) is 79.1 Å². The number of piperidine rings is 1. The van der Waals surface area contributed by atoms with Gasteiger partial charge in [0, 0.05) is 55.1 Å². The van der Waals surface area contributed by atoms with Crippen LogP contribution in [0.3, 0.4) is 0 Å². The molecule has 11 heteroatoms. The highest BCUT2D eigenvalue weighted by atomic mass is 35.5. The number of imidazole rings is 1. The summed E-state index contributed by atoms with van der Waals surface area (Å²) >= 11 is 6.49. The van der Waals surface area contributed by atoms with Crippen LogP contribution in [-0.2, 0) is 6.42 Å². The molecule has 1 saturated heterocycles. The maximum absolute atomic E-state index is 14.3. The van der Waals surface area contributed by atoms with Crippen LogP contribution in [-0.4, -0.2) is 84.3 Å². The molecule has 5 aromatic rings. The maximum Gasteiger partial charge on any atom is 0.255 e. The summed E-state index contributed by atoms with van der Waals surface area (Å²) in [5, 5.41) is 4.35. The highest BCUT2D eigenvalue weighted by Gasteiger charge is 2.36. The average molecular weight is 697 g/mol. The van der Waals surface area contributed by atoms with Gasteiger partial charge in [0.15, 0.2) is 11.5 Å². The standard InChI is InChI=1S/C39H45ClN6O4/c1-6-31(26-9-7-11-29(40)22-26)37(45(2)38(47)28-23-33(48-3)36(50-5)34(24-28)49-4)46-19-15-30(16-20-46)42-39-43-32-12-8-10-27(35(32)44-39)21-25-13-17-41-18-14-25/h7-14,17-18,22-24,30-31,37H,6,15-16,19-21H2,1-5H3,(H2,42,43,44). The molecular weight excluding hydrogens is 652 g/mol. The lowest BCUT2D eigenvalue weighted by Crippen LogP contribution is -2.55. The second-order valence-corrected chi connectivity index (χ2v) is 13.1. The number of amides is 1. The molecule has 10 nitrogen and oxygen atoms in total. The van der Waals surface area contributed by atoms with Crippen molar-refractivity contribution in [3.05, 3.63) is 106 Å². The first-order chi connectivity index (χ1) is 24.3. The van der Waals surface area contributed by atoms with Crippen LogP contribution >= 0.6 is 11.6 Å². The number of methoxy groups -OCH3 is 3. The number of pyridine rings is 1. The number of para-hydroxylation sites is 1. The third-order valence-electron chi connectivity index (χ3n) is 9.69. The lowest BCUT2D eigenvalue weighted by atomic mass is 9.90. The van der Waals surface area contributed by atoms with E-state index in [2.05, 4.69) is 51.4 Å². The van der Waals surface area contributed by atoms with Crippen molar-refractivity contribution in [1.82, 2.24) is 24.8 Å². The number of H-pyrrole nitrogens is 1. The Hall–Kier alpha value is -4.80. The van der Waals surface area contributed by atoms with Crippen LogP contribution in [0.1, 0.15) is 59.2 Å². The molecule has 1 amide bonds. The molecule has 262 valence electrons. The Labute approximate surface area is 298 Å². The second kappa shape index (κ2) is 15.8. The van der Waals surface area contributed by atoms with Crippen molar-refractivity contribution in [2.75, 3.05) is 46.8 Å². The van der Waals surface area contributed by atoms with E-state index in [-0.39, 0.29) is 24.0 Å². The van der Waals surface area contributed by atoms with Gasteiger partial charge in [-0.05, 0) is 84.8 Å². The summed E-state index contributed by atoms with van der Waals surface area (Å²) in [6, 6.07) is 22.0. The van der Waals surface area contributed by atoms with Crippen LogP contribution in [0.2, 0.25) is 5.02 Å². The van der Waals surface area contributed by atoms with Crippen molar-refractivity contribution in [3.63, 3.8) is 0 Å². The summed E-state index contributed by atoms with van der Waals surface area (Å²) < 4.78 is 16.7. The lowest BCUT2D eigenvalue weighted by molar-refractivity contribution is 0.0200. The number of aromatic nitrogens is 3. The molecular formula is C39H45ClN6O4. The summed E-state index contributed by atoms with van der Waals surface area (Å²) in [5.74, 6) is 1.97. The Morgan fingerprint density at radius 3 is 2.34 bits per heavy atom. The monoisotopic (exact) mass is 696 g/mol. The Morgan fingerprint density at radius 2 is 1.70 bits per heavy atom. The van der Waals surface area contributed by atoms with E-state index < -0.39 is 0 Å². The van der Waals surface area contributed by atoms with E-state index in [4.69, 9.17) is 30.8 Å². The van der Waals surface area contributed by atoms with Gasteiger partial charge in [-0.1, -0.05) is 42.8 Å². The first-order valence-corrected chi connectivity index (χ1v) is 17.4. The van der Waals surface area contributed by atoms with Crippen molar-refractivity contribution in [2.24, 2.45) is 0 Å². The second-order valence-electron chi connectivity index (χ2n) is 12.7. The molecule has 1 aliphatic heterocycles. The van der Waals surface area contributed by atoms with Crippen molar-refractivity contribution >= 4 is 34.5 Å². The molecule has 0 spiro atoms. The Balaban J connectivity index is 1.23. The zero-order valence-corrected chi connectivity index (χ0v) is 30.0. The van der Waals surface area contributed by atoms with Gasteiger partial charge in [-0.25, -0.2) is 4.98 Å². The van der Waals surface area contributed by atoms with Gasteiger partial charge in [0.25, 0.3) is 5.91 Å². The van der Waals surface area contributed by atoms with Crippen molar-refractivity contribution in [2.45, 2.75) is 50.7 Å². The van der Waals surface area contributed by atoms with Crippen LogP contribution in [0.25, 0.3) is 11.0 Å². The largest absolute Gasteiger partial charge is 0.493 e. The third kappa shape index (κ3) is 7.51. The molecule has 6 rings (SSSR count). The summed E-state index contributed by atoms with van der Waals surface area (Å²) in [5.41, 5.74) is 5.91. The number of rotatable bonds is 13. The van der Waals surface area contributed by atoms with E-state index >= 15 is 0 Å². The molecule has 1 aliphatic rings. The first-order valence-electron chi connectivity index (χ1n) is 17.0. The average Bonchev–Trinajstić information content (AvgIpc) is 3.57. The number of fused-ring (bicyclic) bond motifs is 1. The molecule has 2 aromatic heterocycles. The molecule has 2 atom stereocenters. The number of nitrogens with zero attached hydrogens (tertiary/aromatic N) is 4. The van der Waals surface area contributed by atoms with Crippen LogP contribution in [0, 0.1) is 0 Å². The van der Waals surface area contributed by atoms with Crippen LogP contribution < -0.4 is 19.5 Å². The van der Waals surface area contributed by atoms with Gasteiger partial charge >= 0.3 is 0 Å². The molecule has 50 heavy (non-hydrogen) atoms. The molecule has 0 saturated carbocycles. The SMILES string of the molecule is CCC(c1cccc(Cl)c1)C(N1CCC(Nc2nc3c(Cc4ccncc4)cccc3[nH]2)CC1)N(C)C(=O)c1cc(OC)c(OC)c(OC)c1. The van der Waals surface area contributed by atoms with E-state index in [9.17, 15) is 4.79 Å². The quantitative estimate of drug-likeness (QED) is 0.131. The Bertz CT molecular complexity index is 1880. The number of ether oxygens (including phenoxy) is 3. The zero-order chi connectivity index (χ0) is 35.2. The fourth-order valence-corrected chi connectivity index (χ4v) is 7.38. The van der Waals surface area contributed by atoms with Gasteiger partial charge in [-0.3, -0.25) is 14.7 Å². The highest BCUT2D eigenvalue weighted by molar-refractivity contribution is 6.30. The fourth-order valence-electron chi connectivity index (χ4n) is 7.18. The van der Waals surface area contributed by atoms with Crippen LogP contribution in [0.4, 0.5) is 5.95 Å². The Morgan fingerprint density at radius 1 is 1.00 bits per heavy atom. The molecule has 0 radical (unpaired) electrons. The Kier molecular flexibility index (Phi) is 11.1. The molecule has 0 bridgehead atoms. The molecule has 1 fully saturated rings. The summed E-state index contributed by atoms with van der Waals surface area (Å²) in [7, 11) is 6.53. The van der Waals surface area contributed by atoms with Gasteiger partial charge in [0.1, 0.15) is 0 Å². The van der Waals surface area contributed by atoms with Gasteiger partial charge in [-0.15, -0.1) is 0 Å². The predicted octanol–water partition coefficient (Wildman–Crippen LogP) is 7.40. The number of likely N-dealkylation sites (tertiary alicyclic amines) is 1. The lowest BCUT2D eigenvalue weighted by Gasteiger charge is -2.45. The molecule has 0 aliphatic carbocycles. The summed E-state index contributed by atoms with van der Waals surface area (Å²) in [6.07, 6.45) is 6.79. The minimum Gasteiger partial charge on any atom is -0.493 e. The topological polar surface area (TPSA) is 105 Å². The highest BCUT2D eigenvalue weighted by Crippen LogP contribution is 2.39. The van der Waals surface area contributed by atoms with E-state index in [0.717, 1.165) is 61.3 Å². The number of nitrogens with one attached hydrogen (secondary N) is 2. The van der Waals surface area contributed by atoms with E-state index in [1.807, 2.05) is 54.7 Å². The predicted molar refractivity (Wildman–Crippen MR) is 198 cm³/mol.